The van der Waals surface area contributed by atoms with E-state index in [0.717, 1.165) is 6.54 Å². The molecule has 1 heteroatoms. The largest absolute Gasteiger partial charge is 0.316 e. The van der Waals surface area contributed by atoms with Crippen molar-refractivity contribution in [3.05, 3.63) is 41.5 Å². The highest BCUT2D eigenvalue weighted by Crippen LogP contribution is 2.17. The van der Waals surface area contributed by atoms with Crippen molar-refractivity contribution < 1.29 is 0 Å². The number of nitrogens with one attached hydrogen (secondary N) is 1. The highest BCUT2D eigenvalue weighted by atomic mass is 14.8. The molecular formula is C12H17N. The highest BCUT2D eigenvalue weighted by Gasteiger charge is 2.01. The molecular weight excluding hydrogens is 158 g/mol. The lowest BCUT2D eigenvalue weighted by Crippen LogP contribution is -2.10. The Bertz CT molecular complexity index is 300. The molecule has 0 saturated heterocycles. The van der Waals surface area contributed by atoms with Gasteiger partial charge in [0.05, 0.1) is 0 Å². The summed E-state index contributed by atoms with van der Waals surface area (Å²) in [6, 6.07) is 8.48. The number of likely N-dealkylation sites (N-methyl/N-ethyl adjacent to an activating group) is 1. The van der Waals surface area contributed by atoms with Crippen molar-refractivity contribution >= 4 is 5.57 Å². The second-order valence-electron chi connectivity index (χ2n) is 3.16. The molecule has 0 heterocycles. The molecule has 1 rings (SSSR count). The minimum absolute atomic E-state index is 0.932. The average molecular weight is 175 g/mol. The van der Waals surface area contributed by atoms with Crippen molar-refractivity contribution in [3.63, 3.8) is 0 Å². The Morgan fingerprint density at radius 3 is 2.62 bits per heavy atom. The van der Waals surface area contributed by atoms with Crippen molar-refractivity contribution in [1.29, 1.82) is 0 Å². The first-order valence-electron chi connectivity index (χ1n) is 4.65. The minimum Gasteiger partial charge on any atom is -0.316 e. The van der Waals surface area contributed by atoms with Crippen LogP contribution in [0.4, 0.5) is 0 Å². The second-order valence-corrected chi connectivity index (χ2v) is 3.16. The average Bonchev–Trinajstić information content (AvgIpc) is 2.16. The third-order valence-electron chi connectivity index (χ3n) is 2.21. The summed E-state index contributed by atoms with van der Waals surface area (Å²) >= 11 is 0. The molecule has 0 saturated carbocycles. The fourth-order valence-electron chi connectivity index (χ4n) is 1.48. The SMILES string of the molecule is C/C=C(\CNC)c1ccccc1C. The maximum absolute atomic E-state index is 3.18. The van der Waals surface area contributed by atoms with E-state index in [2.05, 4.69) is 49.5 Å². The van der Waals surface area contributed by atoms with E-state index in [1.54, 1.807) is 0 Å². The van der Waals surface area contributed by atoms with Crippen LogP contribution >= 0.6 is 0 Å². The molecule has 13 heavy (non-hydrogen) atoms. The van der Waals surface area contributed by atoms with Gasteiger partial charge in [0.1, 0.15) is 0 Å². The van der Waals surface area contributed by atoms with Crippen LogP contribution in [0, 0.1) is 6.92 Å². The van der Waals surface area contributed by atoms with Crippen molar-refractivity contribution in [2.75, 3.05) is 13.6 Å². The van der Waals surface area contributed by atoms with Crippen molar-refractivity contribution in [2.24, 2.45) is 0 Å². The van der Waals surface area contributed by atoms with Crippen molar-refractivity contribution in [3.8, 4) is 0 Å². The zero-order valence-electron chi connectivity index (χ0n) is 8.59. The zero-order valence-corrected chi connectivity index (χ0v) is 8.59. The highest BCUT2D eigenvalue weighted by molar-refractivity contribution is 5.69. The number of hydrogen-bond donors (Lipinski definition) is 1. The molecule has 0 bridgehead atoms. The van der Waals surface area contributed by atoms with Crippen LogP contribution in [-0.4, -0.2) is 13.6 Å². The van der Waals surface area contributed by atoms with Gasteiger partial charge in [0, 0.05) is 6.54 Å². The molecule has 0 unspecified atom stereocenters. The van der Waals surface area contributed by atoms with Gasteiger partial charge < -0.3 is 5.32 Å². The Morgan fingerprint density at radius 2 is 2.08 bits per heavy atom. The molecule has 1 nitrogen and oxygen atoms in total. The first-order valence-corrected chi connectivity index (χ1v) is 4.65. The fourth-order valence-corrected chi connectivity index (χ4v) is 1.48. The van der Waals surface area contributed by atoms with E-state index in [-0.39, 0.29) is 0 Å². The summed E-state index contributed by atoms with van der Waals surface area (Å²) in [7, 11) is 1.97. The minimum atomic E-state index is 0.932. The summed E-state index contributed by atoms with van der Waals surface area (Å²) < 4.78 is 0. The van der Waals surface area contributed by atoms with E-state index in [4.69, 9.17) is 0 Å². The van der Waals surface area contributed by atoms with E-state index >= 15 is 0 Å². The van der Waals surface area contributed by atoms with Crippen LogP contribution in [-0.2, 0) is 0 Å². The summed E-state index contributed by atoms with van der Waals surface area (Å²) in [5.74, 6) is 0. The molecule has 1 N–H and O–H groups in total. The van der Waals surface area contributed by atoms with Gasteiger partial charge in [-0.25, -0.2) is 0 Å². The van der Waals surface area contributed by atoms with Gasteiger partial charge in [0.2, 0.25) is 0 Å². The topological polar surface area (TPSA) is 12.0 Å². The summed E-state index contributed by atoms with van der Waals surface area (Å²) in [4.78, 5) is 0. The van der Waals surface area contributed by atoms with Crippen LogP contribution in [0.1, 0.15) is 18.1 Å². The predicted molar refractivity (Wildman–Crippen MR) is 58.8 cm³/mol. The molecule has 0 atom stereocenters. The van der Waals surface area contributed by atoms with Gasteiger partial charge in [-0.3, -0.25) is 0 Å². The lowest BCUT2D eigenvalue weighted by Gasteiger charge is -2.09. The number of hydrogen-bond acceptors (Lipinski definition) is 1. The van der Waals surface area contributed by atoms with Gasteiger partial charge in [-0.05, 0) is 37.6 Å². The van der Waals surface area contributed by atoms with Gasteiger partial charge in [-0.2, -0.15) is 0 Å². The van der Waals surface area contributed by atoms with Crippen LogP contribution in [0.3, 0.4) is 0 Å². The third-order valence-corrected chi connectivity index (χ3v) is 2.21. The first-order chi connectivity index (χ1) is 6.29. The quantitative estimate of drug-likeness (QED) is 0.744. The molecule has 0 fully saturated rings. The van der Waals surface area contributed by atoms with Crippen LogP contribution in [0.2, 0.25) is 0 Å². The van der Waals surface area contributed by atoms with E-state index in [1.807, 2.05) is 7.05 Å². The standard InChI is InChI=1S/C12H17N/c1-4-11(9-13-3)12-8-6-5-7-10(12)2/h4-8,13H,9H2,1-3H3/b11-4+. The maximum Gasteiger partial charge on any atom is 0.0205 e. The molecule has 70 valence electrons. The van der Waals surface area contributed by atoms with Crippen LogP contribution < -0.4 is 5.32 Å². The van der Waals surface area contributed by atoms with Crippen LogP contribution in [0.5, 0.6) is 0 Å². The Morgan fingerprint density at radius 1 is 1.38 bits per heavy atom. The molecule has 0 amide bonds. The normalized spacial score (nSPS) is 11.8. The van der Waals surface area contributed by atoms with Crippen LogP contribution in [0.15, 0.2) is 30.3 Å². The van der Waals surface area contributed by atoms with E-state index < -0.39 is 0 Å². The zero-order chi connectivity index (χ0) is 9.68. The number of allylic oxidation sites excluding steroid dienone is 1. The lowest BCUT2D eigenvalue weighted by atomic mass is 10.0. The Kier molecular flexibility index (Phi) is 3.71. The number of benzene rings is 1. The summed E-state index contributed by atoms with van der Waals surface area (Å²) in [6.45, 7) is 5.16. The van der Waals surface area contributed by atoms with Gasteiger partial charge in [0.25, 0.3) is 0 Å². The second kappa shape index (κ2) is 4.83. The van der Waals surface area contributed by atoms with Gasteiger partial charge in [0.15, 0.2) is 0 Å². The van der Waals surface area contributed by atoms with Crippen molar-refractivity contribution in [1.82, 2.24) is 5.32 Å². The number of aryl methyl sites for hydroxylation is 1. The Balaban J connectivity index is 2.99. The van der Waals surface area contributed by atoms with Gasteiger partial charge in [-0.1, -0.05) is 30.3 Å². The Hall–Kier alpha value is -1.08. The molecule has 0 aromatic heterocycles. The van der Waals surface area contributed by atoms with Crippen LogP contribution in [0.25, 0.3) is 5.57 Å². The van der Waals surface area contributed by atoms with E-state index in [9.17, 15) is 0 Å². The lowest BCUT2D eigenvalue weighted by molar-refractivity contribution is 0.929. The van der Waals surface area contributed by atoms with E-state index in [0.29, 0.717) is 0 Å². The molecule has 1 aromatic rings. The summed E-state index contributed by atoms with van der Waals surface area (Å²) in [6.07, 6.45) is 2.17. The van der Waals surface area contributed by atoms with E-state index in [1.165, 1.54) is 16.7 Å². The van der Waals surface area contributed by atoms with Crippen molar-refractivity contribution in [2.45, 2.75) is 13.8 Å². The number of rotatable bonds is 3. The molecule has 0 aliphatic rings. The third kappa shape index (κ3) is 2.43. The molecule has 0 radical (unpaired) electrons. The maximum atomic E-state index is 3.18. The smallest absolute Gasteiger partial charge is 0.0205 e. The predicted octanol–water partition coefficient (Wildman–Crippen LogP) is 2.62. The Labute approximate surface area is 80.5 Å². The molecule has 0 aliphatic heterocycles. The monoisotopic (exact) mass is 175 g/mol. The van der Waals surface area contributed by atoms with Gasteiger partial charge in [-0.15, -0.1) is 0 Å². The molecule has 0 aliphatic carbocycles. The van der Waals surface area contributed by atoms with Gasteiger partial charge >= 0.3 is 0 Å². The molecule has 1 aromatic carbocycles. The molecule has 0 spiro atoms. The fraction of sp³-hybridized carbons (Fsp3) is 0.333. The first kappa shape index (κ1) is 10.0. The summed E-state index contributed by atoms with van der Waals surface area (Å²) in [5, 5.41) is 3.18. The summed E-state index contributed by atoms with van der Waals surface area (Å²) in [5.41, 5.74) is 4.05.